The molecule has 2 bridgehead atoms. The number of nitrogens with zero attached hydrogens (tertiary/aromatic N) is 1. The summed E-state index contributed by atoms with van der Waals surface area (Å²) < 4.78 is 19.6. The van der Waals surface area contributed by atoms with Gasteiger partial charge in [0.15, 0.2) is 0 Å². The maximum absolute atomic E-state index is 14.4. The lowest BCUT2D eigenvalue weighted by molar-refractivity contribution is 0.289. The zero-order valence-corrected chi connectivity index (χ0v) is 13.1. The Morgan fingerprint density at radius 1 is 1.29 bits per heavy atom. The van der Waals surface area contributed by atoms with Crippen molar-refractivity contribution in [3.05, 3.63) is 35.7 Å². The van der Waals surface area contributed by atoms with Crippen LogP contribution in [0.15, 0.2) is 24.3 Å². The highest BCUT2D eigenvalue weighted by molar-refractivity contribution is 5.71. The highest BCUT2D eigenvalue weighted by atomic mass is 19.1. The molecule has 3 atom stereocenters. The van der Waals surface area contributed by atoms with Crippen LogP contribution in [0, 0.1) is 23.6 Å². The van der Waals surface area contributed by atoms with E-state index in [1.54, 1.807) is 13.2 Å². The van der Waals surface area contributed by atoms with E-state index < -0.39 is 0 Å². The molecule has 0 amide bonds. The normalized spacial score (nSPS) is 27.9. The van der Waals surface area contributed by atoms with Gasteiger partial charge in [-0.05, 0) is 74.9 Å². The van der Waals surface area contributed by atoms with Gasteiger partial charge in [-0.25, -0.2) is 4.39 Å². The van der Waals surface area contributed by atoms with Crippen LogP contribution in [0.1, 0.15) is 24.8 Å². The molecule has 2 nitrogen and oxygen atoms in total. The summed E-state index contributed by atoms with van der Waals surface area (Å²) in [5.74, 6) is 2.36. The molecule has 0 N–H and O–H groups in total. The van der Waals surface area contributed by atoms with Crippen molar-refractivity contribution in [2.75, 3.05) is 27.7 Å². The summed E-state index contributed by atoms with van der Waals surface area (Å²) in [4.78, 5) is 2.22. The highest BCUT2D eigenvalue weighted by Gasteiger charge is 2.38. The fourth-order valence-electron chi connectivity index (χ4n) is 3.98. The standard InChI is InChI=1S/C18H24FNO/c1-20(2)11-17-13-5-4-12(8-13)9-15(17)16-10-14(21-3)6-7-18(16)19/h6-7,9-10,12-13,17H,4-5,8,11H2,1-3H3. The third kappa shape index (κ3) is 2.84. The van der Waals surface area contributed by atoms with Crippen LogP contribution in [0.2, 0.25) is 0 Å². The number of methoxy groups -OCH3 is 1. The van der Waals surface area contributed by atoms with Crippen molar-refractivity contribution in [3.63, 3.8) is 0 Å². The summed E-state index contributed by atoms with van der Waals surface area (Å²) in [6.45, 7) is 0.986. The van der Waals surface area contributed by atoms with Gasteiger partial charge in [0, 0.05) is 12.1 Å². The molecule has 2 aliphatic rings. The largest absolute Gasteiger partial charge is 0.497 e. The fraction of sp³-hybridized carbons (Fsp3) is 0.556. The van der Waals surface area contributed by atoms with Crippen molar-refractivity contribution in [3.8, 4) is 5.75 Å². The maximum atomic E-state index is 14.4. The molecule has 1 aromatic rings. The van der Waals surface area contributed by atoms with Crippen molar-refractivity contribution in [2.45, 2.75) is 19.3 Å². The third-order valence-electron chi connectivity index (χ3n) is 4.94. The van der Waals surface area contributed by atoms with Crippen LogP contribution in [0.25, 0.3) is 5.57 Å². The first-order chi connectivity index (χ1) is 10.1. The highest BCUT2D eigenvalue weighted by Crippen LogP contribution is 2.48. The Bertz CT molecular complexity index is 552. The number of allylic oxidation sites excluding steroid dienone is 1. The van der Waals surface area contributed by atoms with Crippen molar-refractivity contribution in [2.24, 2.45) is 17.8 Å². The van der Waals surface area contributed by atoms with Gasteiger partial charge >= 0.3 is 0 Å². The van der Waals surface area contributed by atoms with Crippen molar-refractivity contribution in [1.82, 2.24) is 4.90 Å². The summed E-state index contributed by atoms with van der Waals surface area (Å²) >= 11 is 0. The van der Waals surface area contributed by atoms with Gasteiger partial charge in [-0.1, -0.05) is 6.08 Å². The van der Waals surface area contributed by atoms with Gasteiger partial charge < -0.3 is 9.64 Å². The van der Waals surface area contributed by atoms with Gasteiger partial charge in [-0.3, -0.25) is 0 Å². The molecule has 0 aromatic heterocycles. The van der Waals surface area contributed by atoms with Crippen LogP contribution in [0.5, 0.6) is 5.75 Å². The smallest absolute Gasteiger partial charge is 0.130 e. The van der Waals surface area contributed by atoms with E-state index in [9.17, 15) is 4.39 Å². The second-order valence-electron chi connectivity index (χ2n) is 6.67. The third-order valence-corrected chi connectivity index (χ3v) is 4.94. The summed E-state index contributed by atoms with van der Waals surface area (Å²) in [5, 5.41) is 0. The first-order valence-electron chi connectivity index (χ1n) is 7.79. The Morgan fingerprint density at radius 2 is 2.10 bits per heavy atom. The molecule has 0 aliphatic heterocycles. The molecule has 3 unspecified atom stereocenters. The minimum atomic E-state index is -0.132. The monoisotopic (exact) mass is 289 g/mol. The van der Waals surface area contributed by atoms with Crippen LogP contribution in [0.3, 0.4) is 0 Å². The molecule has 3 heteroatoms. The predicted molar refractivity (Wildman–Crippen MR) is 83.8 cm³/mol. The van der Waals surface area contributed by atoms with Crippen LogP contribution in [0.4, 0.5) is 4.39 Å². The SMILES string of the molecule is COc1ccc(F)c(C2=CC3CCC(C3)C2CN(C)C)c1. The Kier molecular flexibility index (Phi) is 4.03. The van der Waals surface area contributed by atoms with Crippen LogP contribution in [-0.4, -0.2) is 32.6 Å². The summed E-state index contributed by atoms with van der Waals surface area (Å²) in [6, 6.07) is 5.07. The number of hydrogen-bond acceptors (Lipinski definition) is 2. The number of hydrogen-bond donors (Lipinski definition) is 0. The van der Waals surface area contributed by atoms with Crippen molar-refractivity contribution >= 4 is 5.57 Å². The Labute approximate surface area is 126 Å². The van der Waals surface area contributed by atoms with Crippen LogP contribution >= 0.6 is 0 Å². The molecule has 1 aromatic carbocycles. The molecule has 1 saturated carbocycles. The molecule has 114 valence electrons. The quantitative estimate of drug-likeness (QED) is 0.835. The first kappa shape index (κ1) is 14.6. The molecule has 21 heavy (non-hydrogen) atoms. The van der Waals surface area contributed by atoms with E-state index in [1.807, 2.05) is 6.07 Å². The van der Waals surface area contributed by atoms with Crippen LogP contribution < -0.4 is 4.74 Å². The summed E-state index contributed by atoms with van der Waals surface area (Å²) in [6.07, 6.45) is 6.13. The lowest BCUT2D eigenvalue weighted by Crippen LogP contribution is -2.29. The second-order valence-corrected chi connectivity index (χ2v) is 6.67. The Hall–Kier alpha value is -1.35. The van der Waals surface area contributed by atoms with Gasteiger partial charge in [-0.2, -0.15) is 0 Å². The summed E-state index contributed by atoms with van der Waals surface area (Å²) in [5.41, 5.74) is 1.93. The van der Waals surface area contributed by atoms with Gasteiger partial charge in [0.1, 0.15) is 11.6 Å². The molecule has 0 spiro atoms. The lowest BCUT2D eigenvalue weighted by atomic mass is 9.76. The van der Waals surface area contributed by atoms with Crippen LogP contribution in [-0.2, 0) is 0 Å². The minimum absolute atomic E-state index is 0.132. The second kappa shape index (κ2) is 5.80. The van der Waals surface area contributed by atoms with E-state index in [0.29, 0.717) is 17.8 Å². The Morgan fingerprint density at radius 3 is 2.81 bits per heavy atom. The zero-order valence-electron chi connectivity index (χ0n) is 13.1. The molecular formula is C18H24FNO. The number of ether oxygens (including phenoxy) is 1. The molecule has 3 rings (SSSR count). The number of benzene rings is 1. The molecule has 0 saturated heterocycles. The van der Waals surface area contributed by atoms with Gasteiger partial charge in [0.05, 0.1) is 7.11 Å². The average molecular weight is 289 g/mol. The van der Waals surface area contributed by atoms with Crippen molar-refractivity contribution in [1.29, 1.82) is 0 Å². The predicted octanol–water partition coefficient (Wildman–Crippen LogP) is 3.83. The van der Waals surface area contributed by atoms with Crippen molar-refractivity contribution < 1.29 is 9.13 Å². The molecule has 0 heterocycles. The van der Waals surface area contributed by atoms with E-state index >= 15 is 0 Å². The first-order valence-corrected chi connectivity index (χ1v) is 7.79. The lowest BCUT2D eigenvalue weighted by Gasteiger charge is -2.33. The molecule has 2 aliphatic carbocycles. The minimum Gasteiger partial charge on any atom is -0.497 e. The number of rotatable bonds is 4. The molecular weight excluding hydrogens is 265 g/mol. The van der Waals surface area contributed by atoms with E-state index in [2.05, 4.69) is 25.1 Å². The average Bonchev–Trinajstić information content (AvgIpc) is 2.85. The van der Waals surface area contributed by atoms with Gasteiger partial charge in [-0.15, -0.1) is 0 Å². The zero-order chi connectivity index (χ0) is 15.0. The van der Waals surface area contributed by atoms with Gasteiger partial charge in [0.25, 0.3) is 0 Å². The maximum Gasteiger partial charge on any atom is 0.130 e. The number of fused-ring (bicyclic) bond motifs is 2. The number of halogens is 1. The van der Waals surface area contributed by atoms with E-state index in [0.717, 1.165) is 17.9 Å². The van der Waals surface area contributed by atoms with Gasteiger partial charge in [0.2, 0.25) is 0 Å². The van der Waals surface area contributed by atoms with E-state index in [-0.39, 0.29) is 5.82 Å². The van der Waals surface area contributed by atoms with E-state index in [1.165, 1.54) is 30.9 Å². The van der Waals surface area contributed by atoms with E-state index in [4.69, 9.17) is 4.74 Å². The molecule has 0 radical (unpaired) electrons. The fourth-order valence-corrected chi connectivity index (χ4v) is 3.98. The Balaban J connectivity index is 2.01. The summed E-state index contributed by atoms with van der Waals surface area (Å²) in [7, 11) is 5.83. The topological polar surface area (TPSA) is 12.5 Å². The molecule has 1 fully saturated rings.